The number of morpholine rings is 2. The fourth-order valence-electron chi connectivity index (χ4n) is 3.67. The highest BCUT2D eigenvalue weighted by Gasteiger charge is 2.27. The van der Waals surface area contributed by atoms with Crippen molar-refractivity contribution < 1.29 is 9.47 Å². The van der Waals surface area contributed by atoms with Crippen LogP contribution in [0, 0.1) is 0 Å². The van der Waals surface area contributed by atoms with Gasteiger partial charge in [0.25, 0.3) is 0 Å². The van der Waals surface area contributed by atoms with Crippen molar-refractivity contribution in [3.63, 3.8) is 0 Å². The Labute approximate surface area is 157 Å². The number of hydrazone groups is 2. The van der Waals surface area contributed by atoms with Crippen LogP contribution in [0.5, 0.6) is 0 Å². The van der Waals surface area contributed by atoms with Crippen LogP contribution in [0.4, 0.5) is 5.69 Å². The minimum atomic E-state index is 0.0237. The maximum Gasteiger partial charge on any atom is 0.189 e. The van der Waals surface area contributed by atoms with Gasteiger partial charge in [-0.15, -0.1) is 15.7 Å². The molecule has 1 aromatic rings. The number of benzene rings is 1. The predicted molar refractivity (Wildman–Crippen MR) is 102 cm³/mol. The molecule has 0 aromatic heterocycles. The summed E-state index contributed by atoms with van der Waals surface area (Å²) in [6.45, 7) is 5.70. The zero-order valence-electron chi connectivity index (χ0n) is 15.0. The molecule has 2 N–H and O–H groups in total. The topological polar surface area (TPSA) is 77.0 Å². The lowest BCUT2D eigenvalue weighted by atomic mass is 10.1. The Morgan fingerprint density at radius 3 is 2.78 bits per heavy atom. The van der Waals surface area contributed by atoms with Gasteiger partial charge in [-0.25, -0.2) is 5.53 Å². The molecule has 9 heteroatoms. The van der Waals surface area contributed by atoms with E-state index in [1.54, 1.807) is 5.12 Å². The van der Waals surface area contributed by atoms with Gasteiger partial charge in [0.1, 0.15) is 6.10 Å². The van der Waals surface area contributed by atoms with Crippen molar-refractivity contribution in [2.75, 3.05) is 50.9 Å². The van der Waals surface area contributed by atoms with E-state index in [0.29, 0.717) is 6.61 Å². The Balaban J connectivity index is 1.31. The third kappa shape index (κ3) is 3.36. The van der Waals surface area contributed by atoms with E-state index in [1.165, 1.54) is 11.3 Å². The first-order chi connectivity index (χ1) is 13.4. The van der Waals surface area contributed by atoms with Gasteiger partial charge in [-0.2, -0.15) is 5.12 Å². The maximum atomic E-state index is 6.08. The van der Waals surface area contributed by atoms with Crippen LogP contribution in [-0.2, 0) is 9.47 Å². The average Bonchev–Trinajstić information content (AvgIpc) is 3.22. The Bertz CT molecular complexity index is 788. The second-order valence-corrected chi connectivity index (χ2v) is 6.80. The number of rotatable bonds is 2. The molecular formula is C18H23N7O2. The molecule has 0 bridgehead atoms. The maximum absolute atomic E-state index is 6.08. The van der Waals surface area contributed by atoms with Gasteiger partial charge in [0.05, 0.1) is 19.8 Å². The van der Waals surface area contributed by atoms with E-state index >= 15 is 0 Å². The SMILES string of the molecule is C1=CC2=NNNN2N=C1N1CCOC(c2cccc(N3CCOCC3)c2)C1. The standard InChI is InChI=1S/C18H23N7O2/c1-2-14(12-15(3-1)23-6-9-26-10-7-23)16-13-24(8-11-27-16)18-5-4-17-19-21-22-25(17)20-18/h1-5,12,16,21-22H,6-11,13H2. The number of hydrogen-bond donors (Lipinski definition) is 2. The third-order valence-corrected chi connectivity index (χ3v) is 5.14. The first kappa shape index (κ1) is 16.5. The molecule has 27 heavy (non-hydrogen) atoms. The van der Waals surface area contributed by atoms with Gasteiger partial charge in [0.2, 0.25) is 0 Å². The van der Waals surface area contributed by atoms with E-state index in [9.17, 15) is 0 Å². The molecule has 9 nitrogen and oxygen atoms in total. The lowest BCUT2D eigenvalue weighted by molar-refractivity contribution is -0.00710. The van der Waals surface area contributed by atoms with E-state index in [-0.39, 0.29) is 6.10 Å². The summed E-state index contributed by atoms with van der Waals surface area (Å²) in [5.74, 6) is 1.66. The fraction of sp³-hybridized carbons (Fsp3) is 0.444. The molecule has 0 radical (unpaired) electrons. The fourth-order valence-corrected chi connectivity index (χ4v) is 3.67. The highest BCUT2D eigenvalue weighted by Crippen LogP contribution is 2.27. The van der Waals surface area contributed by atoms with Crippen LogP contribution in [0.15, 0.2) is 46.6 Å². The van der Waals surface area contributed by atoms with Crippen LogP contribution in [0.25, 0.3) is 0 Å². The van der Waals surface area contributed by atoms with Crippen molar-refractivity contribution in [1.29, 1.82) is 0 Å². The molecule has 0 amide bonds. The summed E-state index contributed by atoms with van der Waals surface area (Å²) in [6.07, 6.45) is 3.96. The molecule has 2 fully saturated rings. The summed E-state index contributed by atoms with van der Waals surface area (Å²) in [4.78, 5) is 4.62. The molecule has 1 atom stereocenters. The van der Waals surface area contributed by atoms with E-state index in [0.717, 1.165) is 51.1 Å². The van der Waals surface area contributed by atoms with Gasteiger partial charge in [-0.05, 0) is 29.8 Å². The number of hydrogen-bond acceptors (Lipinski definition) is 9. The van der Waals surface area contributed by atoms with E-state index in [4.69, 9.17) is 9.47 Å². The largest absolute Gasteiger partial charge is 0.378 e. The minimum Gasteiger partial charge on any atom is -0.378 e. The first-order valence-corrected chi connectivity index (χ1v) is 9.31. The van der Waals surface area contributed by atoms with E-state index in [1.807, 2.05) is 12.2 Å². The molecule has 2 saturated heterocycles. The molecule has 142 valence electrons. The van der Waals surface area contributed by atoms with Gasteiger partial charge >= 0.3 is 0 Å². The first-order valence-electron chi connectivity index (χ1n) is 9.31. The number of amidine groups is 2. The highest BCUT2D eigenvalue weighted by molar-refractivity contribution is 6.05. The Morgan fingerprint density at radius 2 is 1.85 bits per heavy atom. The smallest absolute Gasteiger partial charge is 0.189 e. The van der Waals surface area contributed by atoms with Crippen LogP contribution in [0.3, 0.4) is 0 Å². The summed E-state index contributed by atoms with van der Waals surface area (Å²) in [5, 5.41) is 10.3. The van der Waals surface area contributed by atoms with Gasteiger partial charge in [-0.1, -0.05) is 12.1 Å². The molecule has 0 aliphatic carbocycles. The van der Waals surface area contributed by atoms with Gasteiger partial charge < -0.3 is 19.3 Å². The van der Waals surface area contributed by atoms with Crippen LogP contribution >= 0.6 is 0 Å². The predicted octanol–water partition coefficient (Wildman–Crippen LogP) is 0.418. The number of ether oxygens (including phenoxy) is 2. The van der Waals surface area contributed by atoms with Crippen LogP contribution in [-0.4, -0.2) is 67.7 Å². The average molecular weight is 369 g/mol. The summed E-state index contributed by atoms with van der Waals surface area (Å²) >= 11 is 0. The van der Waals surface area contributed by atoms with E-state index < -0.39 is 0 Å². The highest BCUT2D eigenvalue weighted by atomic mass is 16.5. The quantitative estimate of drug-likeness (QED) is 0.782. The lowest BCUT2D eigenvalue weighted by Crippen LogP contribution is -2.46. The normalized spacial score (nSPS) is 25.0. The minimum absolute atomic E-state index is 0.0237. The third-order valence-electron chi connectivity index (χ3n) is 5.14. The second-order valence-electron chi connectivity index (χ2n) is 6.80. The molecular weight excluding hydrogens is 346 g/mol. The zero-order valence-corrected chi connectivity index (χ0v) is 15.0. The summed E-state index contributed by atoms with van der Waals surface area (Å²) in [5.41, 5.74) is 8.03. The second kappa shape index (κ2) is 7.18. The monoisotopic (exact) mass is 369 g/mol. The molecule has 1 aromatic carbocycles. The summed E-state index contributed by atoms with van der Waals surface area (Å²) < 4.78 is 11.5. The van der Waals surface area contributed by atoms with Gasteiger partial charge in [0.15, 0.2) is 11.7 Å². The van der Waals surface area contributed by atoms with Gasteiger partial charge in [-0.3, -0.25) is 0 Å². The lowest BCUT2D eigenvalue weighted by Gasteiger charge is -2.36. The van der Waals surface area contributed by atoms with Crippen molar-refractivity contribution in [2.45, 2.75) is 6.10 Å². The number of fused-ring (bicyclic) bond motifs is 1. The Morgan fingerprint density at radius 1 is 1.00 bits per heavy atom. The number of nitrogens with zero attached hydrogens (tertiary/aromatic N) is 5. The zero-order chi connectivity index (χ0) is 18.1. The van der Waals surface area contributed by atoms with E-state index in [2.05, 4.69) is 55.3 Å². The van der Waals surface area contributed by atoms with Gasteiger partial charge in [0, 0.05) is 31.9 Å². The van der Waals surface area contributed by atoms with Crippen LogP contribution in [0.2, 0.25) is 0 Å². The van der Waals surface area contributed by atoms with Crippen molar-refractivity contribution >= 4 is 17.4 Å². The number of hydrazine groups is 2. The van der Waals surface area contributed by atoms with Crippen molar-refractivity contribution in [1.82, 2.24) is 21.1 Å². The Kier molecular flexibility index (Phi) is 4.40. The molecule has 4 aliphatic heterocycles. The van der Waals surface area contributed by atoms with Crippen molar-refractivity contribution in [2.24, 2.45) is 10.2 Å². The molecule has 1 unspecified atom stereocenters. The number of nitrogens with one attached hydrogen (secondary N) is 2. The van der Waals surface area contributed by atoms with Crippen molar-refractivity contribution in [3.05, 3.63) is 42.0 Å². The van der Waals surface area contributed by atoms with Crippen LogP contribution < -0.4 is 16.0 Å². The molecule has 4 aliphatic rings. The molecule has 0 spiro atoms. The molecule has 4 heterocycles. The number of anilines is 1. The van der Waals surface area contributed by atoms with Crippen molar-refractivity contribution in [3.8, 4) is 0 Å². The summed E-state index contributed by atoms with van der Waals surface area (Å²) in [6, 6.07) is 8.67. The molecule has 0 saturated carbocycles. The van der Waals surface area contributed by atoms with Crippen LogP contribution in [0.1, 0.15) is 11.7 Å². The summed E-state index contributed by atoms with van der Waals surface area (Å²) in [7, 11) is 0. The Hall–Kier alpha value is -2.62. The molecule has 5 rings (SSSR count).